The van der Waals surface area contributed by atoms with Crippen LogP contribution < -0.4 is 0 Å². The second-order valence-electron chi connectivity index (χ2n) is 4.85. The summed E-state index contributed by atoms with van der Waals surface area (Å²) in [5, 5.41) is 5.95. The van der Waals surface area contributed by atoms with Gasteiger partial charge in [-0.15, -0.1) is 0 Å². The number of ether oxygens (including phenoxy) is 1. The minimum Gasteiger partial charge on any atom is -0.456 e. The Morgan fingerprint density at radius 3 is 2.64 bits per heavy atom. The highest BCUT2D eigenvalue weighted by atomic mass is 16.5. The molecule has 0 saturated carbocycles. The SMILES string of the molecule is O=C(Cn1cccn1)OCC(=O)c1ccc2ccccc2c1. The van der Waals surface area contributed by atoms with Crippen molar-refractivity contribution in [2.24, 2.45) is 0 Å². The van der Waals surface area contributed by atoms with Crippen LogP contribution in [-0.2, 0) is 16.1 Å². The lowest BCUT2D eigenvalue weighted by Crippen LogP contribution is -2.18. The Kier molecular flexibility index (Phi) is 3.96. The lowest BCUT2D eigenvalue weighted by molar-refractivity contribution is -0.143. The van der Waals surface area contributed by atoms with E-state index < -0.39 is 5.97 Å². The van der Waals surface area contributed by atoms with Crippen LogP contribution in [0.25, 0.3) is 10.8 Å². The number of carbonyl (C=O) groups is 2. The lowest BCUT2D eigenvalue weighted by atomic mass is 10.0. The van der Waals surface area contributed by atoms with Crippen molar-refractivity contribution in [3.8, 4) is 0 Å². The van der Waals surface area contributed by atoms with Crippen molar-refractivity contribution in [1.29, 1.82) is 0 Å². The van der Waals surface area contributed by atoms with Crippen molar-refractivity contribution >= 4 is 22.5 Å². The Morgan fingerprint density at radius 2 is 1.86 bits per heavy atom. The van der Waals surface area contributed by atoms with E-state index in [-0.39, 0.29) is 18.9 Å². The van der Waals surface area contributed by atoms with Gasteiger partial charge in [0.25, 0.3) is 0 Å². The van der Waals surface area contributed by atoms with E-state index in [0.29, 0.717) is 5.56 Å². The average Bonchev–Trinajstić information content (AvgIpc) is 3.05. The maximum absolute atomic E-state index is 12.1. The molecule has 0 aliphatic rings. The molecule has 0 amide bonds. The number of fused-ring (bicyclic) bond motifs is 1. The third-order valence-corrected chi connectivity index (χ3v) is 3.29. The molecule has 0 unspecified atom stereocenters. The van der Waals surface area contributed by atoms with E-state index in [1.807, 2.05) is 30.3 Å². The summed E-state index contributed by atoms with van der Waals surface area (Å²) in [6.45, 7) is -0.267. The highest BCUT2D eigenvalue weighted by molar-refractivity contribution is 6.01. The van der Waals surface area contributed by atoms with Gasteiger partial charge in [0.1, 0.15) is 6.54 Å². The summed E-state index contributed by atoms with van der Waals surface area (Å²) in [6, 6.07) is 14.9. The molecule has 0 N–H and O–H groups in total. The average molecular weight is 294 g/mol. The minimum absolute atomic E-state index is 0.00198. The van der Waals surface area contributed by atoms with Gasteiger partial charge in [-0.05, 0) is 22.9 Å². The van der Waals surface area contributed by atoms with Crippen LogP contribution >= 0.6 is 0 Å². The van der Waals surface area contributed by atoms with E-state index in [1.54, 1.807) is 30.6 Å². The third-order valence-electron chi connectivity index (χ3n) is 3.29. The molecule has 0 atom stereocenters. The van der Waals surface area contributed by atoms with Gasteiger partial charge in [0.2, 0.25) is 0 Å². The quantitative estimate of drug-likeness (QED) is 0.535. The van der Waals surface area contributed by atoms with Crippen LogP contribution in [0, 0.1) is 0 Å². The molecule has 0 aliphatic carbocycles. The minimum atomic E-state index is -0.488. The predicted molar refractivity (Wildman–Crippen MR) is 81.5 cm³/mol. The largest absolute Gasteiger partial charge is 0.456 e. The summed E-state index contributed by atoms with van der Waals surface area (Å²) < 4.78 is 6.44. The highest BCUT2D eigenvalue weighted by Crippen LogP contribution is 2.16. The Labute approximate surface area is 127 Å². The van der Waals surface area contributed by atoms with E-state index in [1.165, 1.54) is 4.68 Å². The summed E-state index contributed by atoms with van der Waals surface area (Å²) in [5.41, 5.74) is 0.533. The first-order chi connectivity index (χ1) is 10.7. The first kappa shape index (κ1) is 14.0. The summed E-state index contributed by atoms with van der Waals surface area (Å²) >= 11 is 0. The van der Waals surface area contributed by atoms with Gasteiger partial charge in [-0.3, -0.25) is 14.3 Å². The van der Waals surface area contributed by atoms with Crippen LogP contribution in [-0.4, -0.2) is 28.1 Å². The Morgan fingerprint density at radius 1 is 1.05 bits per heavy atom. The van der Waals surface area contributed by atoms with Crippen molar-refractivity contribution in [1.82, 2.24) is 9.78 Å². The van der Waals surface area contributed by atoms with Gasteiger partial charge >= 0.3 is 5.97 Å². The van der Waals surface area contributed by atoms with Gasteiger partial charge in [0.15, 0.2) is 12.4 Å². The molecule has 3 rings (SSSR count). The molecule has 110 valence electrons. The Bertz CT molecular complexity index is 810. The molecule has 0 saturated heterocycles. The number of ketones is 1. The standard InChI is InChI=1S/C17H14N2O3/c20-16(12-22-17(21)11-19-9-3-8-18-19)15-7-6-13-4-1-2-5-14(13)10-15/h1-10H,11-12H2. The number of benzene rings is 2. The van der Waals surface area contributed by atoms with Crippen LogP contribution in [0.4, 0.5) is 0 Å². The Hall–Kier alpha value is -2.95. The number of rotatable bonds is 5. The van der Waals surface area contributed by atoms with Gasteiger partial charge < -0.3 is 4.74 Å². The molecule has 1 aromatic heterocycles. The highest BCUT2D eigenvalue weighted by Gasteiger charge is 2.11. The molecule has 2 aromatic carbocycles. The first-order valence-corrected chi connectivity index (χ1v) is 6.87. The molecule has 22 heavy (non-hydrogen) atoms. The zero-order valence-electron chi connectivity index (χ0n) is 11.8. The van der Waals surface area contributed by atoms with Gasteiger partial charge in [-0.1, -0.05) is 36.4 Å². The fraction of sp³-hybridized carbons (Fsp3) is 0.118. The number of carbonyl (C=O) groups excluding carboxylic acids is 2. The van der Waals surface area contributed by atoms with Crippen LogP contribution in [0.5, 0.6) is 0 Å². The summed E-state index contributed by atoms with van der Waals surface area (Å²) in [6.07, 6.45) is 3.24. The van der Waals surface area contributed by atoms with Gasteiger partial charge in [-0.25, -0.2) is 0 Å². The molecular weight excluding hydrogens is 280 g/mol. The summed E-state index contributed by atoms with van der Waals surface area (Å²) in [5.74, 6) is -0.711. The molecule has 5 nitrogen and oxygen atoms in total. The van der Waals surface area contributed by atoms with Gasteiger partial charge in [0, 0.05) is 18.0 Å². The molecule has 5 heteroatoms. The van der Waals surface area contributed by atoms with Crippen LogP contribution in [0.3, 0.4) is 0 Å². The molecule has 1 heterocycles. The number of hydrogen-bond donors (Lipinski definition) is 0. The molecule has 0 radical (unpaired) electrons. The fourth-order valence-corrected chi connectivity index (χ4v) is 2.16. The summed E-state index contributed by atoms with van der Waals surface area (Å²) in [7, 11) is 0. The number of aromatic nitrogens is 2. The number of Topliss-reactive ketones (excluding diaryl/α,β-unsaturated/α-hetero) is 1. The molecule has 3 aromatic rings. The monoisotopic (exact) mass is 294 g/mol. The van der Waals surface area contributed by atoms with Crippen molar-refractivity contribution in [3.05, 3.63) is 66.5 Å². The normalized spacial score (nSPS) is 10.5. The third kappa shape index (κ3) is 3.20. The first-order valence-electron chi connectivity index (χ1n) is 6.87. The maximum atomic E-state index is 12.1. The number of hydrogen-bond acceptors (Lipinski definition) is 4. The van der Waals surface area contributed by atoms with Crippen molar-refractivity contribution in [2.75, 3.05) is 6.61 Å². The fourth-order valence-electron chi connectivity index (χ4n) is 2.16. The van der Waals surface area contributed by atoms with Crippen molar-refractivity contribution in [3.63, 3.8) is 0 Å². The van der Waals surface area contributed by atoms with E-state index in [4.69, 9.17) is 4.74 Å². The smallest absolute Gasteiger partial charge is 0.328 e. The lowest BCUT2D eigenvalue weighted by Gasteiger charge is -2.05. The van der Waals surface area contributed by atoms with Crippen molar-refractivity contribution < 1.29 is 14.3 Å². The zero-order valence-corrected chi connectivity index (χ0v) is 11.8. The topological polar surface area (TPSA) is 61.2 Å². The molecule has 0 fully saturated rings. The van der Waals surface area contributed by atoms with Crippen LogP contribution in [0.15, 0.2) is 60.9 Å². The van der Waals surface area contributed by atoms with E-state index >= 15 is 0 Å². The second-order valence-corrected chi connectivity index (χ2v) is 4.85. The molecule has 0 bridgehead atoms. The maximum Gasteiger partial charge on any atom is 0.328 e. The van der Waals surface area contributed by atoms with Crippen molar-refractivity contribution in [2.45, 2.75) is 6.54 Å². The molecule has 0 spiro atoms. The Balaban J connectivity index is 1.62. The summed E-state index contributed by atoms with van der Waals surface area (Å²) in [4.78, 5) is 23.7. The van der Waals surface area contributed by atoms with E-state index in [9.17, 15) is 9.59 Å². The van der Waals surface area contributed by atoms with Gasteiger partial charge in [-0.2, -0.15) is 5.10 Å². The van der Waals surface area contributed by atoms with E-state index in [2.05, 4.69) is 5.10 Å². The number of nitrogens with zero attached hydrogens (tertiary/aromatic N) is 2. The zero-order chi connectivity index (χ0) is 15.4. The van der Waals surface area contributed by atoms with Gasteiger partial charge in [0.05, 0.1) is 0 Å². The second kappa shape index (κ2) is 6.22. The predicted octanol–water partition coefficient (Wildman–Crippen LogP) is 2.46. The number of esters is 1. The molecule has 0 aliphatic heterocycles. The molecular formula is C17H14N2O3. The van der Waals surface area contributed by atoms with E-state index in [0.717, 1.165) is 10.8 Å². The van der Waals surface area contributed by atoms with Crippen LogP contribution in [0.2, 0.25) is 0 Å². The van der Waals surface area contributed by atoms with Crippen LogP contribution in [0.1, 0.15) is 10.4 Å².